The first-order valence-corrected chi connectivity index (χ1v) is 7.51. The van der Waals surface area contributed by atoms with Gasteiger partial charge in [0, 0.05) is 12.0 Å². The lowest BCUT2D eigenvalue weighted by Gasteiger charge is -2.07. The van der Waals surface area contributed by atoms with Gasteiger partial charge in [0.05, 0.1) is 10.6 Å². The molecule has 1 unspecified atom stereocenters. The van der Waals surface area contributed by atoms with Gasteiger partial charge in [0.25, 0.3) is 5.69 Å². The number of hydrogen-bond donors (Lipinski definition) is 1. The van der Waals surface area contributed by atoms with Crippen LogP contribution in [-0.4, -0.2) is 15.7 Å². The van der Waals surface area contributed by atoms with Crippen molar-refractivity contribution in [3.05, 3.63) is 58.8 Å². The van der Waals surface area contributed by atoms with Gasteiger partial charge in [-0.25, -0.2) is 4.98 Å². The minimum atomic E-state index is -0.510. The number of pyridine rings is 1. The molecule has 2 aromatic rings. The summed E-state index contributed by atoms with van der Waals surface area (Å²) in [4.78, 5) is 14.0. The third-order valence-electron chi connectivity index (χ3n) is 3.32. The van der Waals surface area contributed by atoms with E-state index in [-0.39, 0.29) is 17.4 Å². The third-order valence-corrected chi connectivity index (χ3v) is 3.32. The maximum absolute atomic E-state index is 10.6. The van der Waals surface area contributed by atoms with Gasteiger partial charge in [-0.3, -0.25) is 15.5 Å². The van der Waals surface area contributed by atoms with Gasteiger partial charge >= 0.3 is 0 Å². The van der Waals surface area contributed by atoms with Crippen molar-refractivity contribution in [3.8, 4) is 0 Å². The van der Waals surface area contributed by atoms with Crippen molar-refractivity contribution in [2.24, 2.45) is 21.2 Å². The van der Waals surface area contributed by atoms with Crippen molar-refractivity contribution in [3.63, 3.8) is 0 Å². The Bertz CT molecular complexity index is 728. The van der Waals surface area contributed by atoms with Crippen molar-refractivity contribution in [1.82, 2.24) is 4.98 Å². The van der Waals surface area contributed by atoms with Gasteiger partial charge in [-0.05, 0) is 24.6 Å². The van der Waals surface area contributed by atoms with Crippen molar-refractivity contribution >= 4 is 23.0 Å². The number of benzene rings is 1. The Morgan fingerprint density at radius 3 is 2.62 bits per heavy atom. The van der Waals surface area contributed by atoms with Gasteiger partial charge in [-0.1, -0.05) is 32.0 Å². The van der Waals surface area contributed by atoms with Crippen molar-refractivity contribution in [2.45, 2.75) is 20.3 Å². The van der Waals surface area contributed by atoms with E-state index in [0.29, 0.717) is 5.84 Å². The molecule has 1 aromatic carbocycles. The van der Waals surface area contributed by atoms with Crippen LogP contribution in [0.1, 0.15) is 20.3 Å². The Morgan fingerprint density at radius 2 is 2.04 bits per heavy atom. The van der Waals surface area contributed by atoms with Gasteiger partial charge in [-0.15, -0.1) is 10.2 Å². The van der Waals surface area contributed by atoms with E-state index in [1.54, 1.807) is 0 Å². The number of nitro groups is 1. The molecule has 1 N–H and O–H groups in total. The lowest BCUT2D eigenvalue weighted by molar-refractivity contribution is -0.385. The predicted molar refractivity (Wildman–Crippen MR) is 92.4 cm³/mol. The largest absolute Gasteiger partial charge is 0.287 e. The second-order valence-electron chi connectivity index (χ2n) is 5.09. The SMILES string of the molecule is CCC(C)C(N=Nc1ccc([N+](=O)[O-])cn1)=NNc1ccccc1. The van der Waals surface area contributed by atoms with Crippen LogP contribution in [0.4, 0.5) is 17.2 Å². The Kier molecular flexibility index (Phi) is 6.07. The maximum atomic E-state index is 10.6. The van der Waals surface area contributed by atoms with Crippen molar-refractivity contribution in [1.29, 1.82) is 0 Å². The van der Waals surface area contributed by atoms with E-state index in [2.05, 4.69) is 25.7 Å². The zero-order chi connectivity index (χ0) is 17.4. The Morgan fingerprint density at radius 1 is 1.29 bits per heavy atom. The van der Waals surface area contributed by atoms with Crippen LogP contribution in [0.2, 0.25) is 0 Å². The number of amidine groups is 1. The van der Waals surface area contributed by atoms with E-state index in [4.69, 9.17) is 0 Å². The summed E-state index contributed by atoms with van der Waals surface area (Å²) in [6.07, 6.45) is 2.00. The number of nitrogens with zero attached hydrogens (tertiary/aromatic N) is 5. The Hall–Kier alpha value is -3.16. The number of para-hydroxylation sites is 1. The molecule has 8 heteroatoms. The van der Waals surface area contributed by atoms with Gasteiger partial charge in [-0.2, -0.15) is 5.10 Å². The van der Waals surface area contributed by atoms with Gasteiger partial charge in [0.2, 0.25) is 0 Å². The molecule has 124 valence electrons. The molecule has 0 fully saturated rings. The van der Waals surface area contributed by atoms with Crippen molar-refractivity contribution < 1.29 is 4.92 Å². The minimum Gasteiger partial charge on any atom is -0.277 e. The molecule has 0 radical (unpaired) electrons. The summed E-state index contributed by atoms with van der Waals surface area (Å²) in [5, 5.41) is 23.0. The number of anilines is 1. The molecule has 0 aliphatic carbocycles. The highest BCUT2D eigenvalue weighted by atomic mass is 16.6. The molecule has 0 saturated heterocycles. The second-order valence-corrected chi connectivity index (χ2v) is 5.09. The van der Waals surface area contributed by atoms with Crippen LogP contribution in [-0.2, 0) is 0 Å². The molecule has 0 aliphatic rings. The first kappa shape index (κ1) is 17.2. The van der Waals surface area contributed by atoms with Crippen LogP contribution in [0, 0.1) is 16.0 Å². The zero-order valence-corrected chi connectivity index (χ0v) is 13.5. The fourth-order valence-corrected chi connectivity index (χ4v) is 1.70. The molecule has 1 heterocycles. The lowest BCUT2D eigenvalue weighted by atomic mass is 10.1. The average Bonchev–Trinajstić information content (AvgIpc) is 2.62. The molecule has 0 saturated carbocycles. The number of hydrogen-bond acceptors (Lipinski definition) is 6. The van der Waals surface area contributed by atoms with E-state index in [1.165, 1.54) is 12.1 Å². The summed E-state index contributed by atoms with van der Waals surface area (Å²) in [5.74, 6) is 0.917. The number of nitrogens with one attached hydrogen (secondary N) is 1. The Balaban J connectivity index is 2.14. The van der Waals surface area contributed by atoms with E-state index in [0.717, 1.165) is 18.3 Å². The molecular formula is C16H18N6O2. The number of hydrazone groups is 1. The highest BCUT2D eigenvalue weighted by Gasteiger charge is 2.09. The van der Waals surface area contributed by atoms with E-state index >= 15 is 0 Å². The monoisotopic (exact) mass is 326 g/mol. The number of rotatable bonds is 6. The van der Waals surface area contributed by atoms with Crippen LogP contribution in [0.15, 0.2) is 64.0 Å². The highest BCUT2D eigenvalue weighted by Crippen LogP contribution is 2.16. The molecule has 1 aromatic heterocycles. The number of aromatic nitrogens is 1. The first-order valence-electron chi connectivity index (χ1n) is 7.51. The van der Waals surface area contributed by atoms with Crippen LogP contribution in [0.3, 0.4) is 0 Å². The standard InChI is InChI=1S/C16H18N6O2/c1-3-12(2)16(20-18-13-7-5-4-6-8-13)21-19-15-10-9-14(11-17-15)22(23)24/h4-12,18H,3H2,1-2H3. The van der Waals surface area contributed by atoms with Gasteiger partial charge in [0.15, 0.2) is 11.7 Å². The van der Waals surface area contributed by atoms with Crippen LogP contribution in [0.25, 0.3) is 0 Å². The smallest absolute Gasteiger partial charge is 0.277 e. The molecule has 0 spiro atoms. The third kappa shape index (κ3) is 4.94. The molecule has 0 amide bonds. The van der Waals surface area contributed by atoms with Crippen LogP contribution in [0.5, 0.6) is 0 Å². The minimum absolute atomic E-state index is 0.0875. The summed E-state index contributed by atoms with van der Waals surface area (Å²) in [6.45, 7) is 4.02. The average molecular weight is 326 g/mol. The fraction of sp³-hybridized carbons (Fsp3) is 0.250. The number of azo groups is 1. The fourth-order valence-electron chi connectivity index (χ4n) is 1.70. The molecule has 2 rings (SSSR count). The summed E-state index contributed by atoms with van der Waals surface area (Å²) < 4.78 is 0. The molecule has 0 bridgehead atoms. The van der Waals surface area contributed by atoms with E-state index in [9.17, 15) is 10.1 Å². The highest BCUT2D eigenvalue weighted by molar-refractivity contribution is 5.85. The summed E-state index contributed by atoms with van der Waals surface area (Å²) >= 11 is 0. The zero-order valence-electron chi connectivity index (χ0n) is 13.5. The van der Waals surface area contributed by atoms with E-state index < -0.39 is 4.92 Å². The molecular weight excluding hydrogens is 308 g/mol. The first-order chi connectivity index (χ1) is 11.6. The maximum Gasteiger partial charge on any atom is 0.287 e. The molecule has 0 aliphatic heterocycles. The predicted octanol–water partition coefficient (Wildman–Crippen LogP) is 4.55. The quantitative estimate of drug-likeness (QED) is 0.276. The molecule has 1 atom stereocenters. The topological polar surface area (TPSA) is 105 Å². The summed E-state index contributed by atoms with van der Waals surface area (Å²) in [6, 6.07) is 12.3. The van der Waals surface area contributed by atoms with Crippen LogP contribution >= 0.6 is 0 Å². The van der Waals surface area contributed by atoms with Gasteiger partial charge in [0.1, 0.15) is 6.20 Å². The summed E-state index contributed by atoms with van der Waals surface area (Å²) in [5.41, 5.74) is 3.71. The lowest BCUT2D eigenvalue weighted by Crippen LogP contribution is -2.09. The summed E-state index contributed by atoms with van der Waals surface area (Å²) in [7, 11) is 0. The van der Waals surface area contributed by atoms with Crippen molar-refractivity contribution in [2.75, 3.05) is 5.43 Å². The van der Waals surface area contributed by atoms with Gasteiger partial charge < -0.3 is 0 Å². The Labute approximate surface area is 139 Å². The second kappa shape index (κ2) is 8.47. The van der Waals surface area contributed by atoms with Crippen LogP contribution < -0.4 is 5.43 Å². The normalized spacial score (nSPS) is 13.0. The van der Waals surface area contributed by atoms with E-state index in [1.807, 2.05) is 44.2 Å². The molecule has 24 heavy (non-hydrogen) atoms. The molecule has 8 nitrogen and oxygen atoms in total.